The first-order valence-corrected chi connectivity index (χ1v) is 10.8. The predicted molar refractivity (Wildman–Crippen MR) is 124 cm³/mol. The second-order valence-corrected chi connectivity index (χ2v) is 8.36. The molecule has 0 fully saturated rings. The van der Waals surface area contributed by atoms with Gasteiger partial charge in [-0.1, -0.05) is 43.3 Å². The molecule has 4 rings (SSSR count). The number of primary amides is 1. The standard InChI is InChI=1S/C25H21FN2O2S/c1-2-19(15-7-9-17(26)10-8-15)25(30)28-18-11-12-20(21(14-18)24(27)29)23-13-16-5-3-4-6-22(16)31-23/h3-14,19H,2H2,1H3,(H2,27,29)(H,28,30). The SMILES string of the molecule is CCC(C(=O)Nc1ccc(-c2cc3ccccc3s2)c(C(N)=O)c1)c1ccc(F)cc1. The second-order valence-electron chi connectivity index (χ2n) is 7.27. The topological polar surface area (TPSA) is 72.2 Å². The van der Waals surface area contributed by atoms with Gasteiger partial charge in [-0.15, -0.1) is 11.3 Å². The van der Waals surface area contributed by atoms with Crippen molar-refractivity contribution in [2.75, 3.05) is 5.32 Å². The van der Waals surface area contributed by atoms with E-state index in [-0.39, 0.29) is 11.7 Å². The molecule has 0 spiro atoms. The predicted octanol–water partition coefficient (Wildman–Crippen LogP) is 5.94. The van der Waals surface area contributed by atoms with Gasteiger partial charge in [-0.25, -0.2) is 4.39 Å². The number of carbonyl (C=O) groups excluding carboxylic acids is 2. The van der Waals surface area contributed by atoms with Gasteiger partial charge in [0.2, 0.25) is 11.8 Å². The number of amides is 2. The van der Waals surface area contributed by atoms with Crippen molar-refractivity contribution in [1.82, 2.24) is 0 Å². The Balaban J connectivity index is 1.63. The summed E-state index contributed by atoms with van der Waals surface area (Å²) in [5, 5.41) is 3.97. The summed E-state index contributed by atoms with van der Waals surface area (Å²) < 4.78 is 14.3. The van der Waals surface area contributed by atoms with E-state index in [1.54, 1.807) is 41.7 Å². The Labute approximate surface area is 183 Å². The van der Waals surface area contributed by atoms with Crippen molar-refractivity contribution in [2.45, 2.75) is 19.3 Å². The maximum absolute atomic E-state index is 13.2. The molecule has 0 aliphatic carbocycles. The number of anilines is 1. The summed E-state index contributed by atoms with van der Waals surface area (Å²) in [6.07, 6.45) is 0.556. The molecule has 6 heteroatoms. The largest absolute Gasteiger partial charge is 0.366 e. The Morgan fingerprint density at radius 1 is 1.03 bits per heavy atom. The molecule has 0 aliphatic rings. The van der Waals surface area contributed by atoms with Crippen LogP contribution in [0.5, 0.6) is 0 Å². The number of fused-ring (bicyclic) bond motifs is 1. The van der Waals surface area contributed by atoms with Crippen molar-refractivity contribution in [3.63, 3.8) is 0 Å². The number of hydrogen-bond acceptors (Lipinski definition) is 3. The first kappa shape index (κ1) is 20.8. The molecule has 1 atom stereocenters. The highest BCUT2D eigenvalue weighted by molar-refractivity contribution is 7.22. The highest BCUT2D eigenvalue weighted by Gasteiger charge is 2.20. The van der Waals surface area contributed by atoms with Gasteiger partial charge in [0.15, 0.2) is 0 Å². The van der Waals surface area contributed by atoms with Crippen LogP contribution in [0, 0.1) is 5.82 Å². The molecule has 1 aromatic heterocycles. The summed E-state index contributed by atoms with van der Waals surface area (Å²) in [7, 11) is 0. The molecule has 4 nitrogen and oxygen atoms in total. The van der Waals surface area contributed by atoms with E-state index in [0.29, 0.717) is 17.7 Å². The lowest BCUT2D eigenvalue weighted by atomic mass is 9.95. The average molecular weight is 433 g/mol. The third-order valence-electron chi connectivity index (χ3n) is 5.24. The molecule has 0 bridgehead atoms. The van der Waals surface area contributed by atoms with Crippen LogP contribution in [0.4, 0.5) is 10.1 Å². The van der Waals surface area contributed by atoms with Crippen LogP contribution in [0.2, 0.25) is 0 Å². The highest BCUT2D eigenvalue weighted by Crippen LogP contribution is 2.36. The van der Waals surface area contributed by atoms with E-state index in [0.717, 1.165) is 26.1 Å². The van der Waals surface area contributed by atoms with Crippen LogP contribution in [0.1, 0.15) is 35.2 Å². The van der Waals surface area contributed by atoms with Crippen LogP contribution in [-0.2, 0) is 4.79 Å². The first-order valence-electron chi connectivity index (χ1n) is 9.95. The summed E-state index contributed by atoms with van der Waals surface area (Å²) >= 11 is 1.58. The number of nitrogens with two attached hydrogens (primary N) is 1. The van der Waals surface area contributed by atoms with Crippen molar-refractivity contribution in [3.05, 3.63) is 89.7 Å². The van der Waals surface area contributed by atoms with Gasteiger partial charge >= 0.3 is 0 Å². The molecule has 1 heterocycles. The van der Waals surface area contributed by atoms with Crippen LogP contribution < -0.4 is 11.1 Å². The third-order valence-corrected chi connectivity index (χ3v) is 6.39. The minimum absolute atomic E-state index is 0.223. The maximum Gasteiger partial charge on any atom is 0.249 e. The van der Waals surface area contributed by atoms with Crippen LogP contribution in [0.25, 0.3) is 20.5 Å². The number of halogens is 1. The summed E-state index contributed by atoms with van der Waals surface area (Å²) in [5.41, 5.74) is 7.96. The Hall–Kier alpha value is -3.51. The number of nitrogens with one attached hydrogen (secondary N) is 1. The lowest BCUT2D eigenvalue weighted by Gasteiger charge is -2.16. The Morgan fingerprint density at radius 2 is 1.77 bits per heavy atom. The van der Waals surface area contributed by atoms with Crippen molar-refractivity contribution in [1.29, 1.82) is 0 Å². The van der Waals surface area contributed by atoms with E-state index in [1.807, 2.05) is 37.3 Å². The molecule has 3 N–H and O–H groups in total. The highest BCUT2D eigenvalue weighted by atomic mass is 32.1. The molecule has 0 aliphatic heterocycles. The van der Waals surface area contributed by atoms with E-state index in [1.165, 1.54) is 12.1 Å². The van der Waals surface area contributed by atoms with Gasteiger partial charge in [0, 0.05) is 26.4 Å². The first-order chi connectivity index (χ1) is 15.0. The van der Waals surface area contributed by atoms with Gasteiger partial charge in [0.05, 0.1) is 5.92 Å². The minimum atomic E-state index is -0.561. The molecular weight excluding hydrogens is 411 g/mol. The zero-order valence-corrected chi connectivity index (χ0v) is 17.7. The molecule has 4 aromatic rings. The van der Waals surface area contributed by atoms with Crippen molar-refractivity contribution < 1.29 is 14.0 Å². The van der Waals surface area contributed by atoms with E-state index in [2.05, 4.69) is 5.32 Å². The lowest BCUT2D eigenvalue weighted by Crippen LogP contribution is -2.21. The monoisotopic (exact) mass is 432 g/mol. The van der Waals surface area contributed by atoms with E-state index in [4.69, 9.17) is 5.73 Å². The van der Waals surface area contributed by atoms with Crippen molar-refractivity contribution >= 4 is 38.9 Å². The molecule has 0 saturated heterocycles. The number of carbonyl (C=O) groups is 2. The lowest BCUT2D eigenvalue weighted by molar-refractivity contribution is -0.117. The molecule has 1 unspecified atom stereocenters. The molecule has 2 amide bonds. The number of benzene rings is 3. The van der Waals surface area contributed by atoms with Gasteiger partial charge in [-0.3, -0.25) is 9.59 Å². The van der Waals surface area contributed by atoms with Gasteiger partial charge in [-0.05, 0) is 53.8 Å². The second kappa shape index (κ2) is 8.70. The number of thiophene rings is 1. The molecule has 156 valence electrons. The van der Waals surface area contributed by atoms with Crippen LogP contribution in [0.3, 0.4) is 0 Å². The van der Waals surface area contributed by atoms with E-state index >= 15 is 0 Å². The summed E-state index contributed by atoms with van der Waals surface area (Å²) in [6, 6.07) is 21.1. The summed E-state index contributed by atoms with van der Waals surface area (Å²) in [5.74, 6) is -1.56. The van der Waals surface area contributed by atoms with Crippen molar-refractivity contribution in [2.24, 2.45) is 5.73 Å². The minimum Gasteiger partial charge on any atom is -0.366 e. The van der Waals surface area contributed by atoms with Gasteiger partial charge < -0.3 is 11.1 Å². The summed E-state index contributed by atoms with van der Waals surface area (Å²) in [4.78, 5) is 26.0. The molecule has 31 heavy (non-hydrogen) atoms. The quantitative estimate of drug-likeness (QED) is 0.396. The van der Waals surface area contributed by atoms with Crippen molar-refractivity contribution in [3.8, 4) is 10.4 Å². The van der Waals surface area contributed by atoms with E-state index in [9.17, 15) is 14.0 Å². The van der Waals surface area contributed by atoms with Crippen LogP contribution >= 0.6 is 11.3 Å². The van der Waals surface area contributed by atoms with Crippen LogP contribution in [0.15, 0.2) is 72.8 Å². The Bertz CT molecular complexity index is 1230. The summed E-state index contributed by atoms with van der Waals surface area (Å²) in [6.45, 7) is 1.90. The van der Waals surface area contributed by atoms with Gasteiger partial charge in [0.25, 0.3) is 0 Å². The van der Waals surface area contributed by atoms with Gasteiger partial charge in [0.1, 0.15) is 5.82 Å². The van der Waals surface area contributed by atoms with E-state index < -0.39 is 11.8 Å². The number of rotatable bonds is 6. The van der Waals surface area contributed by atoms with Gasteiger partial charge in [-0.2, -0.15) is 0 Å². The fraction of sp³-hybridized carbons (Fsp3) is 0.120. The molecule has 0 radical (unpaired) electrons. The zero-order valence-electron chi connectivity index (χ0n) is 16.9. The fourth-order valence-electron chi connectivity index (χ4n) is 3.65. The molecule has 3 aromatic carbocycles. The maximum atomic E-state index is 13.2. The number of hydrogen-bond donors (Lipinski definition) is 2. The Morgan fingerprint density at radius 3 is 2.45 bits per heavy atom. The zero-order chi connectivity index (χ0) is 22.0. The Kier molecular flexibility index (Phi) is 5.82. The molecule has 0 saturated carbocycles. The smallest absolute Gasteiger partial charge is 0.249 e. The van der Waals surface area contributed by atoms with Crippen LogP contribution in [-0.4, -0.2) is 11.8 Å². The fourth-order valence-corrected chi connectivity index (χ4v) is 4.75. The average Bonchev–Trinajstić information content (AvgIpc) is 3.19. The molecular formula is C25H21FN2O2S. The normalized spacial score (nSPS) is 11.9. The third kappa shape index (κ3) is 4.34.